The minimum absolute atomic E-state index is 0.421. The van der Waals surface area contributed by atoms with Crippen LogP contribution in [-0.4, -0.2) is 34.7 Å². The van der Waals surface area contributed by atoms with Crippen LogP contribution in [0.2, 0.25) is 0 Å². The van der Waals surface area contributed by atoms with E-state index in [0.717, 1.165) is 35.5 Å². The number of hydrogen-bond acceptors (Lipinski definition) is 5. The highest BCUT2D eigenvalue weighted by Gasteiger charge is 2.30. The van der Waals surface area contributed by atoms with Gasteiger partial charge in [0.1, 0.15) is 0 Å². The van der Waals surface area contributed by atoms with Crippen LogP contribution < -0.4 is 0 Å². The number of nitrogens with zero attached hydrogens (tertiary/aromatic N) is 3. The molecule has 2 aromatic heterocycles. The summed E-state index contributed by atoms with van der Waals surface area (Å²) in [4.78, 5) is 8.32. The number of likely N-dealkylation sites (tertiary alicyclic amines) is 1. The lowest BCUT2D eigenvalue weighted by molar-refractivity contribution is 0.229. The molecule has 0 radical (unpaired) electrons. The number of rotatable bonds is 4. The van der Waals surface area contributed by atoms with Crippen molar-refractivity contribution in [3.63, 3.8) is 0 Å². The van der Waals surface area contributed by atoms with Gasteiger partial charge in [-0.2, -0.15) is 4.98 Å². The minimum Gasteiger partial charge on any atom is -0.339 e. The van der Waals surface area contributed by atoms with Gasteiger partial charge in [0.15, 0.2) is 0 Å². The van der Waals surface area contributed by atoms with Crippen LogP contribution in [0.5, 0.6) is 0 Å². The van der Waals surface area contributed by atoms with E-state index in [1.165, 1.54) is 45.2 Å². The van der Waals surface area contributed by atoms with Crippen molar-refractivity contribution in [2.75, 3.05) is 19.6 Å². The molecule has 0 N–H and O–H groups in total. The Kier molecular flexibility index (Phi) is 4.26. The van der Waals surface area contributed by atoms with E-state index in [1.54, 1.807) is 11.3 Å². The minimum atomic E-state index is 0.421. The fraction of sp³-hybridized carbons (Fsp3) is 0.647. The van der Waals surface area contributed by atoms with Crippen molar-refractivity contribution in [2.24, 2.45) is 5.92 Å². The molecule has 2 aromatic rings. The Balaban J connectivity index is 1.36. The summed E-state index contributed by atoms with van der Waals surface area (Å²) < 4.78 is 5.53. The maximum atomic E-state index is 5.53. The van der Waals surface area contributed by atoms with E-state index in [2.05, 4.69) is 15.0 Å². The third kappa shape index (κ3) is 3.10. The number of hydrogen-bond donors (Lipinski definition) is 0. The van der Waals surface area contributed by atoms with Gasteiger partial charge in [-0.1, -0.05) is 30.5 Å². The van der Waals surface area contributed by atoms with Gasteiger partial charge in [0.05, 0.1) is 10.8 Å². The second-order valence-electron chi connectivity index (χ2n) is 6.68. The van der Waals surface area contributed by atoms with E-state index < -0.39 is 0 Å². The fourth-order valence-electron chi connectivity index (χ4n) is 3.84. The summed E-state index contributed by atoms with van der Waals surface area (Å²) >= 11 is 1.66. The average molecular weight is 317 g/mol. The van der Waals surface area contributed by atoms with Crippen molar-refractivity contribution in [1.82, 2.24) is 15.0 Å². The molecule has 1 atom stereocenters. The van der Waals surface area contributed by atoms with Crippen LogP contribution in [0.15, 0.2) is 22.0 Å². The molecule has 2 fully saturated rings. The Bertz CT molecular complexity index is 589. The molecule has 0 spiro atoms. The Morgan fingerprint density at radius 3 is 2.95 bits per heavy atom. The predicted molar refractivity (Wildman–Crippen MR) is 88.0 cm³/mol. The monoisotopic (exact) mass is 317 g/mol. The summed E-state index contributed by atoms with van der Waals surface area (Å²) in [7, 11) is 0. The Morgan fingerprint density at radius 2 is 2.14 bits per heavy atom. The maximum absolute atomic E-state index is 5.53. The molecule has 1 saturated heterocycles. The first kappa shape index (κ1) is 14.4. The first-order valence-electron chi connectivity index (χ1n) is 8.48. The third-order valence-corrected chi connectivity index (χ3v) is 5.91. The van der Waals surface area contributed by atoms with E-state index in [-0.39, 0.29) is 0 Å². The van der Waals surface area contributed by atoms with Crippen LogP contribution in [0.1, 0.15) is 50.3 Å². The summed E-state index contributed by atoms with van der Waals surface area (Å²) in [6.07, 6.45) is 8.28. The van der Waals surface area contributed by atoms with Crippen molar-refractivity contribution in [2.45, 2.75) is 44.4 Å². The largest absolute Gasteiger partial charge is 0.339 e. The molecular weight excluding hydrogens is 294 g/mol. The van der Waals surface area contributed by atoms with Crippen LogP contribution >= 0.6 is 11.3 Å². The van der Waals surface area contributed by atoms with E-state index in [4.69, 9.17) is 4.52 Å². The van der Waals surface area contributed by atoms with Crippen LogP contribution in [0, 0.1) is 5.92 Å². The molecule has 118 valence electrons. The van der Waals surface area contributed by atoms with Crippen LogP contribution in [0.3, 0.4) is 0 Å². The third-order valence-electron chi connectivity index (χ3n) is 5.05. The van der Waals surface area contributed by atoms with Gasteiger partial charge in [-0.15, -0.1) is 11.3 Å². The standard InChI is InChI=1S/C17H23N3OS/c1-2-5-13(6-3-1)11-20-9-8-14(12-20)17-18-16(19-21-17)15-7-4-10-22-15/h4,7,10,13-14H,1-3,5-6,8-9,11-12H2. The summed E-state index contributed by atoms with van der Waals surface area (Å²) in [5.74, 6) is 2.91. The molecule has 1 aliphatic heterocycles. The Morgan fingerprint density at radius 1 is 1.23 bits per heavy atom. The topological polar surface area (TPSA) is 42.2 Å². The number of aromatic nitrogens is 2. The van der Waals surface area contributed by atoms with Gasteiger partial charge in [-0.25, -0.2) is 0 Å². The first-order valence-corrected chi connectivity index (χ1v) is 9.36. The molecule has 5 heteroatoms. The molecule has 2 aliphatic rings. The van der Waals surface area contributed by atoms with Crippen molar-refractivity contribution >= 4 is 11.3 Å². The first-order chi connectivity index (χ1) is 10.9. The zero-order chi connectivity index (χ0) is 14.8. The molecule has 4 rings (SSSR count). The van der Waals surface area contributed by atoms with Gasteiger partial charge >= 0.3 is 0 Å². The van der Waals surface area contributed by atoms with Crippen molar-refractivity contribution in [3.05, 3.63) is 23.4 Å². The Hall–Kier alpha value is -1.20. The SMILES string of the molecule is c1csc(-c2noc(C3CCN(CC4CCCCC4)C3)n2)c1. The summed E-state index contributed by atoms with van der Waals surface area (Å²) in [6.45, 7) is 3.53. The lowest BCUT2D eigenvalue weighted by Crippen LogP contribution is -2.28. The van der Waals surface area contributed by atoms with Crippen molar-refractivity contribution < 1.29 is 4.52 Å². The molecule has 1 saturated carbocycles. The molecule has 0 bridgehead atoms. The van der Waals surface area contributed by atoms with Crippen LogP contribution in [0.25, 0.3) is 10.7 Å². The number of thiophene rings is 1. The van der Waals surface area contributed by atoms with Gasteiger partial charge in [0.2, 0.25) is 11.7 Å². The van der Waals surface area contributed by atoms with Crippen LogP contribution in [0.4, 0.5) is 0 Å². The molecule has 1 unspecified atom stereocenters. The van der Waals surface area contributed by atoms with Gasteiger partial charge in [-0.05, 0) is 43.2 Å². The molecule has 3 heterocycles. The highest BCUT2D eigenvalue weighted by molar-refractivity contribution is 7.13. The summed E-state index contributed by atoms with van der Waals surface area (Å²) in [5, 5.41) is 6.20. The van der Waals surface area contributed by atoms with E-state index in [1.807, 2.05) is 17.5 Å². The van der Waals surface area contributed by atoms with E-state index >= 15 is 0 Å². The fourth-order valence-corrected chi connectivity index (χ4v) is 4.49. The second-order valence-corrected chi connectivity index (χ2v) is 7.63. The van der Waals surface area contributed by atoms with E-state index in [0.29, 0.717) is 5.92 Å². The maximum Gasteiger partial charge on any atom is 0.231 e. The molecule has 0 aromatic carbocycles. The lowest BCUT2D eigenvalue weighted by atomic mass is 9.89. The lowest BCUT2D eigenvalue weighted by Gasteiger charge is -2.26. The zero-order valence-corrected chi connectivity index (χ0v) is 13.7. The quantitative estimate of drug-likeness (QED) is 0.849. The molecule has 4 nitrogen and oxygen atoms in total. The van der Waals surface area contributed by atoms with Crippen molar-refractivity contribution in [3.8, 4) is 10.7 Å². The Labute approximate surface area is 135 Å². The smallest absolute Gasteiger partial charge is 0.231 e. The highest BCUT2D eigenvalue weighted by Crippen LogP contribution is 2.31. The summed E-state index contributed by atoms with van der Waals surface area (Å²) in [6, 6.07) is 4.07. The second kappa shape index (κ2) is 6.50. The summed E-state index contributed by atoms with van der Waals surface area (Å²) in [5.41, 5.74) is 0. The predicted octanol–water partition coefficient (Wildman–Crippen LogP) is 4.17. The molecule has 0 amide bonds. The van der Waals surface area contributed by atoms with Crippen LogP contribution in [-0.2, 0) is 0 Å². The highest BCUT2D eigenvalue weighted by atomic mass is 32.1. The molecule has 22 heavy (non-hydrogen) atoms. The van der Waals surface area contributed by atoms with Gasteiger partial charge in [0.25, 0.3) is 0 Å². The molecular formula is C17H23N3OS. The van der Waals surface area contributed by atoms with Crippen molar-refractivity contribution in [1.29, 1.82) is 0 Å². The normalized spacial score (nSPS) is 24.1. The van der Waals surface area contributed by atoms with E-state index in [9.17, 15) is 0 Å². The van der Waals surface area contributed by atoms with Gasteiger partial charge < -0.3 is 9.42 Å². The van der Waals surface area contributed by atoms with Gasteiger partial charge in [0, 0.05) is 13.1 Å². The molecule has 1 aliphatic carbocycles. The average Bonchev–Trinajstić information content (AvgIpc) is 3.29. The zero-order valence-electron chi connectivity index (χ0n) is 12.9. The van der Waals surface area contributed by atoms with Gasteiger partial charge in [-0.3, -0.25) is 0 Å².